The van der Waals surface area contributed by atoms with Crippen molar-refractivity contribution in [2.45, 2.75) is 2.06 Å². The molecule has 0 aromatic rings. The van der Waals surface area contributed by atoms with Crippen LogP contribution in [0.15, 0.2) is 12.8 Å². The second kappa shape index (κ2) is 4.07. The van der Waals surface area contributed by atoms with E-state index < -0.39 is 10.2 Å². The standard InChI is InChI=1S/C3H7I2N2O2S/c1-2-7(3(4)5)10(6,8)9/h2-4H,1H2,(H2,6,8,9)/q+1/p+1. The van der Waals surface area contributed by atoms with Gasteiger partial charge in [0, 0.05) is 28.8 Å². The summed E-state index contributed by atoms with van der Waals surface area (Å²) in [7, 11) is -3.35. The molecule has 0 aliphatic carbocycles. The molecule has 7 heteroatoms. The zero-order valence-electron chi connectivity index (χ0n) is 5.03. The zero-order chi connectivity index (χ0) is 8.36. The van der Waals surface area contributed by atoms with Gasteiger partial charge in [0.1, 0.15) is 0 Å². The van der Waals surface area contributed by atoms with Crippen molar-refractivity contribution in [3.05, 3.63) is 12.8 Å². The lowest BCUT2D eigenvalue weighted by atomic mass is 11.0. The maximum absolute atomic E-state index is 10.7. The number of hydrogen-bond donors (Lipinski definition) is 1. The molecule has 0 spiro atoms. The van der Waals surface area contributed by atoms with Crippen molar-refractivity contribution in [1.29, 1.82) is 0 Å². The lowest BCUT2D eigenvalue weighted by Crippen LogP contribution is -3.39. The number of alkyl halides is 2. The molecule has 0 aliphatic rings. The van der Waals surface area contributed by atoms with Crippen molar-refractivity contribution in [2.75, 3.05) is 0 Å². The van der Waals surface area contributed by atoms with E-state index in [4.69, 9.17) is 0 Å². The molecule has 0 bridgehead atoms. The van der Waals surface area contributed by atoms with Gasteiger partial charge in [-0.25, -0.2) is 5.14 Å². The van der Waals surface area contributed by atoms with E-state index in [1.807, 2.05) is 22.6 Å². The second-order valence-electron chi connectivity index (χ2n) is 1.42. The number of rotatable bonds is 3. The van der Waals surface area contributed by atoms with Crippen LogP contribution in [0.5, 0.6) is 0 Å². The third-order valence-electron chi connectivity index (χ3n) is 0.701. The van der Waals surface area contributed by atoms with Crippen LogP contribution in [-0.4, -0.2) is 14.8 Å². The fourth-order valence-electron chi connectivity index (χ4n) is 0.323. The highest BCUT2D eigenvalue weighted by Crippen LogP contribution is 2.00. The molecule has 4 nitrogen and oxygen atoms in total. The van der Waals surface area contributed by atoms with E-state index in [0.29, 0.717) is 0 Å². The molecule has 10 heavy (non-hydrogen) atoms. The van der Waals surface area contributed by atoms with Gasteiger partial charge in [0.2, 0.25) is 0 Å². The summed E-state index contributed by atoms with van der Waals surface area (Å²) >= 11 is 3.64. The molecule has 3 N–H and O–H groups in total. The molecule has 0 saturated carbocycles. The van der Waals surface area contributed by atoms with Crippen LogP contribution in [0.25, 0.3) is 0 Å². The van der Waals surface area contributed by atoms with Gasteiger partial charge in [0.25, 0.3) is 24.6 Å². The molecule has 0 heterocycles. The van der Waals surface area contributed by atoms with Crippen molar-refractivity contribution < 1.29 is 36.1 Å². The fourth-order valence-corrected chi connectivity index (χ4v) is 3.44. The van der Waals surface area contributed by atoms with Crippen molar-refractivity contribution in [1.82, 2.24) is 4.31 Å². The Kier molecular flexibility index (Phi) is 4.44. The molecule has 0 saturated heterocycles. The van der Waals surface area contributed by atoms with Gasteiger partial charge in [-0.1, -0.05) is 6.58 Å². The van der Waals surface area contributed by atoms with Crippen LogP contribution in [0.4, 0.5) is 0 Å². The summed E-state index contributed by atoms with van der Waals surface area (Å²) in [5, 5.41) is 2.99. The molecular formula is C3H8I2N2O2S+2. The van der Waals surface area contributed by atoms with E-state index in [1.165, 1.54) is 6.20 Å². The molecule has 0 aromatic heterocycles. The van der Waals surface area contributed by atoms with Gasteiger partial charge in [0.15, 0.2) is 0 Å². The Morgan fingerprint density at radius 3 is 2.20 bits per heavy atom. The predicted molar refractivity (Wildman–Crippen MR) is 43.0 cm³/mol. The van der Waals surface area contributed by atoms with E-state index in [9.17, 15) is 8.42 Å². The first-order valence-corrected chi connectivity index (χ1v) is 6.38. The van der Waals surface area contributed by atoms with Gasteiger partial charge in [-0.2, -0.15) is 12.7 Å². The molecule has 0 rings (SSSR count). The van der Waals surface area contributed by atoms with Gasteiger partial charge in [-0.3, -0.25) is 0 Å². The summed E-state index contributed by atoms with van der Waals surface area (Å²) in [6.45, 7) is 3.35. The van der Waals surface area contributed by atoms with Crippen molar-refractivity contribution >= 4 is 32.8 Å². The summed E-state index contributed by atoms with van der Waals surface area (Å²) < 4.78 is 22.5. The van der Waals surface area contributed by atoms with Gasteiger partial charge in [0.05, 0.1) is 0 Å². The van der Waals surface area contributed by atoms with Crippen LogP contribution in [0.3, 0.4) is 0 Å². The highest BCUT2D eigenvalue weighted by molar-refractivity contribution is 14.1. The minimum Gasteiger partial charge on any atom is -0.233 e. The van der Waals surface area contributed by atoms with Crippen molar-refractivity contribution in [3.63, 3.8) is 0 Å². The Bertz CT molecular complexity index is 213. The van der Waals surface area contributed by atoms with Crippen LogP contribution in [0.2, 0.25) is 0 Å². The van der Waals surface area contributed by atoms with Gasteiger partial charge in [-0.05, 0) is 0 Å². The second-order valence-corrected chi connectivity index (χ2v) is 8.08. The number of nitrogens with zero attached hydrogens (tertiary/aromatic N) is 1. The summed E-state index contributed by atoms with van der Waals surface area (Å²) in [5.41, 5.74) is 0. The van der Waals surface area contributed by atoms with Gasteiger partial charge < -0.3 is 0 Å². The first-order chi connectivity index (χ1) is 4.39. The predicted octanol–water partition coefficient (Wildman–Crippen LogP) is -4.08. The summed E-state index contributed by atoms with van der Waals surface area (Å²) in [6.07, 6.45) is 1.25. The monoisotopic (exact) mass is 390 g/mol. The van der Waals surface area contributed by atoms with Gasteiger partial charge >= 0.3 is 10.2 Å². The smallest absolute Gasteiger partial charge is 0.233 e. The molecule has 0 amide bonds. The summed E-state index contributed by atoms with van der Waals surface area (Å²) in [6, 6.07) is 0. The van der Waals surface area contributed by atoms with Crippen LogP contribution in [0, 0.1) is 0 Å². The maximum atomic E-state index is 10.7. The Morgan fingerprint density at radius 2 is 2.20 bits per heavy atom. The molecular weight excluding hydrogens is 382 g/mol. The van der Waals surface area contributed by atoms with Crippen molar-refractivity contribution in [2.24, 2.45) is 0 Å². The largest absolute Gasteiger partial charge is 0.395 e. The number of halogens is 2. The Morgan fingerprint density at radius 1 is 1.80 bits per heavy atom. The van der Waals surface area contributed by atoms with E-state index in [1.54, 1.807) is 22.6 Å². The van der Waals surface area contributed by atoms with Gasteiger partial charge in [-0.15, -0.1) is 0 Å². The first kappa shape index (κ1) is 10.9. The molecule has 1 atom stereocenters. The molecule has 0 aromatic carbocycles. The number of quaternary nitrogens is 1. The lowest BCUT2D eigenvalue weighted by molar-refractivity contribution is -0.401. The minimum atomic E-state index is -3.35. The number of hydrogen-bond acceptors (Lipinski definition) is 2. The fraction of sp³-hybridized carbons (Fsp3) is 0.333. The van der Waals surface area contributed by atoms with E-state index in [-0.39, 0.29) is 2.06 Å². The third kappa shape index (κ3) is 3.34. The average Bonchev–Trinajstić information content (AvgIpc) is 1.60. The van der Waals surface area contributed by atoms with Crippen molar-refractivity contribution in [3.8, 4) is 0 Å². The third-order valence-corrected chi connectivity index (χ3v) is 3.75. The Balaban J connectivity index is 4.54. The topological polar surface area (TPSA) is 65.0 Å². The Hall–Kier alpha value is 0.910. The first-order valence-electron chi connectivity index (χ1n) is 2.18. The van der Waals surface area contributed by atoms with E-state index in [2.05, 4.69) is 11.7 Å². The molecule has 60 valence electrons. The van der Waals surface area contributed by atoms with Crippen LogP contribution in [0.1, 0.15) is 0 Å². The summed E-state index contributed by atoms with van der Waals surface area (Å²) in [5.74, 6) is 0. The summed E-state index contributed by atoms with van der Waals surface area (Å²) in [4.78, 5) is 0. The quantitative estimate of drug-likeness (QED) is 0.303. The normalized spacial score (nSPS) is 14.3. The Labute approximate surface area is 87.3 Å². The highest BCUT2D eigenvalue weighted by atomic mass is 127. The van der Waals surface area contributed by atoms with E-state index in [0.717, 1.165) is 4.31 Å². The molecule has 0 radical (unpaired) electrons. The van der Waals surface area contributed by atoms with Crippen LogP contribution < -0.4 is 27.7 Å². The molecule has 1 unspecified atom stereocenters. The molecule has 0 aliphatic heterocycles. The van der Waals surface area contributed by atoms with Crippen LogP contribution >= 0.6 is 22.6 Å². The highest BCUT2D eigenvalue weighted by Gasteiger charge is 2.26. The minimum absolute atomic E-state index is 0.131. The zero-order valence-corrected chi connectivity index (χ0v) is 10.3. The van der Waals surface area contributed by atoms with E-state index >= 15 is 0 Å². The average molecular weight is 390 g/mol. The molecule has 0 fully saturated rings. The SMILES string of the molecule is C=CN(C(I)[IH+])S([NH3+])(=O)=O. The maximum Gasteiger partial charge on any atom is 0.395 e. The lowest BCUT2D eigenvalue weighted by Gasteiger charge is -2.09. The van der Waals surface area contributed by atoms with Crippen LogP contribution in [-0.2, 0) is 10.2 Å².